The molecule has 0 spiro atoms. The Hall–Kier alpha value is -3.60. The molecule has 0 aromatic carbocycles. The molecule has 0 radical (unpaired) electrons. The first-order valence-corrected chi connectivity index (χ1v) is 29.6. The minimum Gasteiger partial charge on any atom is -0.462 e. The summed E-state index contributed by atoms with van der Waals surface area (Å²) < 4.78 is 39.4. The minimum absolute atomic E-state index is 0.121. The van der Waals surface area contributed by atoms with Crippen LogP contribution in [0.3, 0.4) is 0 Å². The molecule has 0 saturated carbocycles. The molecule has 0 aromatic rings. The number of hydrogen-bond acceptors (Lipinski definition) is 10. The molecular weight excluding hydrogens is 928 g/mol. The maximum atomic E-state index is 12.9. The van der Waals surface area contributed by atoms with E-state index in [9.17, 15) is 28.9 Å². The summed E-state index contributed by atoms with van der Waals surface area (Å²) >= 11 is 0. The van der Waals surface area contributed by atoms with Gasteiger partial charge in [-0.15, -0.1) is 0 Å². The lowest BCUT2D eigenvalue weighted by molar-refractivity contribution is -0.161. The average Bonchev–Trinajstić information content (AvgIpc) is 3.37. The van der Waals surface area contributed by atoms with Gasteiger partial charge in [-0.3, -0.25) is 23.4 Å². The van der Waals surface area contributed by atoms with E-state index in [0.717, 1.165) is 122 Å². The average molecular weight is 1030 g/mol. The van der Waals surface area contributed by atoms with Gasteiger partial charge in [0.15, 0.2) is 6.10 Å². The van der Waals surface area contributed by atoms with Crippen LogP contribution in [0.4, 0.5) is 0 Å². The van der Waals surface area contributed by atoms with Gasteiger partial charge in [0.05, 0.1) is 19.8 Å². The highest BCUT2D eigenvalue weighted by molar-refractivity contribution is 7.47. The summed E-state index contributed by atoms with van der Waals surface area (Å²) in [6.45, 7) is 4.34. The topological polar surface area (TPSA) is 155 Å². The standard InChI is InChI=1S/C60H101O11P/c1-4-7-10-13-16-19-22-24-26-27-28-29-31-33-36-39-42-45-48-51-60(64)71-57(53-67-58(62)49-46-43-40-37-35-32-30-25-23-20-17-14-11-8-5-2)55-69-72(65,66)68-54-56(52-61)70-59(63)50-47-44-41-38-34-21-18-15-12-9-6-3/h7-8,10-11,16-17,19-20,24-26,28-30,33,36,56-57,61H,4-6,9,12-15,18,21-23,27,31-32,34-35,37-55H2,1-3H3,(H,65,66)/b10-7-,11-8-,19-16-,20-17-,26-24-,29-28-,30-25-,36-33-. The zero-order chi connectivity index (χ0) is 52.7. The first kappa shape index (κ1) is 68.4. The molecule has 12 heteroatoms. The number of ether oxygens (including phenoxy) is 3. The van der Waals surface area contributed by atoms with Crippen molar-refractivity contribution >= 4 is 25.7 Å². The molecular formula is C60H101O11P. The van der Waals surface area contributed by atoms with Crippen molar-refractivity contribution in [1.82, 2.24) is 0 Å². The Morgan fingerprint density at radius 2 is 0.722 bits per heavy atom. The van der Waals surface area contributed by atoms with Crippen LogP contribution < -0.4 is 0 Å². The normalized spacial score (nSPS) is 14.1. The number of aliphatic hydroxyl groups is 1. The highest BCUT2D eigenvalue weighted by Crippen LogP contribution is 2.43. The minimum atomic E-state index is -4.76. The van der Waals surface area contributed by atoms with E-state index in [1.165, 1.54) is 44.9 Å². The maximum absolute atomic E-state index is 12.9. The molecule has 0 heterocycles. The van der Waals surface area contributed by atoms with E-state index in [2.05, 4.69) is 118 Å². The Kier molecular flexibility index (Phi) is 51.0. The van der Waals surface area contributed by atoms with Gasteiger partial charge in [-0.2, -0.15) is 0 Å². The Labute approximate surface area is 438 Å². The van der Waals surface area contributed by atoms with Crippen LogP contribution in [0.5, 0.6) is 0 Å². The third kappa shape index (κ3) is 51.3. The van der Waals surface area contributed by atoms with Gasteiger partial charge in [0.2, 0.25) is 0 Å². The first-order chi connectivity index (χ1) is 35.2. The molecule has 3 atom stereocenters. The number of phosphoric acid groups is 1. The van der Waals surface area contributed by atoms with Gasteiger partial charge in [-0.1, -0.05) is 208 Å². The zero-order valence-electron chi connectivity index (χ0n) is 45.4. The molecule has 0 bridgehead atoms. The number of carbonyl (C=O) groups is 3. The van der Waals surface area contributed by atoms with Crippen molar-refractivity contribution in [3.8, 4) is 0 Å². The van der Waals surface area contributed by atoms with Crippen LogP contribution in [0.1, 0.15) is 226 Å². The second kappa shape index (κ2) is 53.7. The maximum Gasteiger partial charge on any atom is 0.472 e. The molecule has 0 aliphatic rings. The van der Waals surface area contributed by atoms with Gasteiger partial charge < -0.3 is 24.2 Å². The second-order valence-electron chi connectivity index (χ2n) is 18.3. The lowest BCUT2D eigenvalue weighted by Crippen LogP contribution is -2.30. The summed E-state index contributed by atoms with van der Waals surface area (Å²) in [5.41, 5.74) is 0. The fourth-order valence-corrected chi connectivity index (χ4v) is 8.06. The van der Waals surface area contributed by atoms with E-state index in [1.807, 2.05) is 0 Å². The molecule has 0 saturated heterocycles. The lowest BCUT2D eigenvalue weighted by atomic mass is 10.1. The van der Waals surface area contributed by atoms with Gasteiger partial charge in [-0.25, -0.2) is 4.57 Å². The number of phosphoric ester groups is 1. The number of aliphatic hydroxyl groups excluding tert-OH is 1. The van der Waals surface area contributed by atoms with Crippen LogP contribution in [-0.2, 0) is 42.2 Å². The predicted octanol–water partition coefficient (Wildman–Crippen LogP) is 16.5. The number of unbranched alkanes of at least 4 members (excludes halogenated alkanes) is 18. The number of hydrogen-bond donors (Lipinski definition) is 2. The summed E-state index contributed by atoms with van der Waals surface area (Å²) in [7, 11) is -4.76. The van der Waals surface area contributed by atoms with Crippen molar-refractivity contribution < 1.29 is 52.2 Å². The molecule has 412 valence electrons. The fourth-order valence-electron chi connectivity index (χ4n) is 7.28. The third-order valence-electron chi connectivity index (χ3n) is 11.5. The van der Waals surface area contributed by atoms with E-state index in [0.29, 0.717) is 19.3 Å². The molecule has 11 nitrogen and oxygen atoms in total. The quantitative estimate of drug-likeness (QED) is 0.0197. The SMILES string of the molecule is CC/C=C\C/C=C\C/C=C\C/C=C\C/C=C\CCCCCC(=O)OC(COC(=O)CCCCCCC/C=C\C/C=C\C/C=C\CC)COP(=O)(O)OCC(CO)OC(=O)CCCCCCCCCCCCC. The Bertz CT molecular complexity index is 1580. The van der Waals surface area contributed by atoms with E-state index < -0.39 is 57.8 Å². The van der Waals surface area contributed by atoms with Crippen LogP contribution in [0, 0.1) is 0 Å². The van der Waals surface area contributed by atoms with Crippen molar-refractivity contribution in [2.45, 2.75) is 238 Å². The molecule has 0 amide bonds. The van der Waals surface area contributed by atoms with Crippen LogP contribution in [-0.4, -0.2) is 66.5 Å². The van der Waals surface area contributed by atoms with Crippen molar-refractivity contribution in [2.24, 2.45) is 0 Å². The summed E-state index contributed by atoms with van der Waals surface area (Å²) in [4.78, 5) is 48.5. The van der Waals surface area contributed by atoms with Crippen molar-refractivity contribution in [3.63, 3.8) is 0 Å². The molecule has 0 aliphatic heterocycles. The third-order valence-corrected chi connectivity index (χ3v) is 12.5. The van der Waals surface area contributed by atoms with Gasteiger partial charge >= 0.3 is 25.7 Å². The highest BCUT2D eigenvalue weighted by Gasteiger charge is 2.28. The summed E-state index contributed by atoms with van der Waals surface area (Å²) in [6, 6.07) is 0. The van der Waals surface area contributed by atoms with Gasteiger partial charge in [-0.05, 0) is 96.3 Å². The molecule has 2 N–H and O–H groups in total. The van der Waals surface area contributed by atoms with Crippen LogP contribution in [0.2, 0.25) is 0 Å². The Morgan fingerprint density at radius 3 is 1.12 bits per heavy atom. The van der Waals surface area contributed by atoms with Gasteiger partial charge in [0.25, 0.3) is 0 Å². The monoisotopic (exact) mass is 1030 g/mol. The van der Waals surface area contributed by atoms with Crippen LogP contribution >= 0.6 is 7.82 Å². The summed E-state index contributed by atoms with van der Waals surface area (Å²) in [5.74, 6) is -1.53. The number of allylic oxidation sites excluding steroid dienone is 16. The van der Waals surface area contributed by atoms with Gasteiger partial charge in [0, 0.05) is 19.3 Å². The molecule has 0 fully saturated rings. The van der Waals surface area contributed by atoms with E-state index in [1.54, 1.807) is 0 Å². The van der Waals surface area contributed by atoms with Crippen LogP contribution in [0.15, 0.2) is 97.2 Å². The van der Waals surface area contributed by atoms with Crippen molar-refractivity contribution in [2.75, 3.05) is 26.4 Å². The molecule has 0 aliphatic carbocycles. The summed E-state index contributed by atoms with van der Waals surface area (Å²) in [5, 5.41) is 9.79. The largest absolute Gasteiger partial charge is 0.472 e. The first-order valence-electron chi connectivity index (χ1n) is 28.1. The van der Waals surface area contributed by atoms with Crippen molar-refractivity contribution in [1.29, 1.82) is 0 Å². The number of esters is 3. The van der Waals surface area contributed by atoms with E-state index >= 15 is 0 Å². The second-order valence-corrected chi connectivity index (χ2v) is 19.8. The molecule has 0 aromatic heterocycles. The number of carbonyl (C=O) groups excluding carboxylic acids is 3. The van der Waals surface area contributed by atoms with Crippen molar-refractivity contribution in [3.05, 3.63) is 97.2 Å². The van der Waals surface area contributed by atoms with E-state index in [-0.39, 0.29) is 25.9 Å². The van der Waals surface area contributed by atoms with Crippen LogP contribution in [0.25, 0.3) is 0 Å². The highest BCUT2D eigenvalue weighted by atomic mass is 31.2. The molecule has 72 heavy (non-hydrogen) atoms. The Balaban J connectivity index is 4.83. The lowest BCUT2D eigenvalue weighted by Gasteiger charge is -2.21. The fraction of sp³-hybridized carbons (Fsp3) is 0.683. The predicted molar refractivity (Wildman–Crippen MR) is 297 cm³/mol. The molecule has 3 unspecified atom stereocenters. The number of rotatable bonds is 51. The Morgan fingerprint density at radius 1 is 0.403 bits per heavy atom. The van der Waals surface area contributed by atoms with E-state index in [4.69, 9.17) is 23.3 Å². The summed E-state index contributed by atoms with van der Waals surface area (Å²) in [6.07, 6.45) is 62.3. The zero-order valence-corrected chi connectivity index (χ0v) is 46.3. The van der Waals surface area contributed by atoms with Gasteiger partial charge in [0.1, 0.15) is 12.7 Å². The smallest absolute Gasteiger partial charge is 0.462 e. The molecule has 0 rings (SSSR count).